The third-order valence-corrected chi connectivity index (χ3v) is 8.36. The minimum absolute atomic E-state index is 0.233. The maximum absolute atomic E-state index is 14.1. The number of fused-ring (bicyclic) bond motifs is 1. The van der Waals surface area contributed by atoms with Crippen LogP contribution in [0.15, 0.2) is 41.3 Å². The zero-order valence-electron chi connectivity index (χ0n) is 17.9. The van der Waals surface area contributed by atoms with Crippen LogP contribution >= 0.6 is 11.6 Å². The first-order valence-electron chi connectivity index (χ1n) is 10.4. The number of nitrogens with one attached hydrogen (secondary N) is 1. The molecule has 3 unspecified atom stereocenters. The van der Waals surface area contributed by atoms with Crippen molar-refractivity contribution >= 4 is 38.6 Å². The van der Waals surface area contributed by atoms with E-state index < -0.39 is 27.9 Å². The molecule has 2 N–H and O–H groups in total. The zero-order valence-corrected chi connectivity index (χ0v) is 19.5. The van der Waals surface area contributed by atoms with Crippen LogP contribution in [-0.4, -0.2) is 67.3 Å². The van der Waals surface area contributed by atoms with E-state index in [9.17, 15) is 22.5 Å². The predicted molar refractivity (Wildman–Crippen MR) is 125 cm³/mol. The highest BCUT2D eigenvalue weighted by Crippen LogP contribution is 2.46. The van der Waals surface area contributed by atoms with E-state index in [1.54, 1.807) is 25.3 Å². The number of halogens is 4. The standard InChI is InChI=1S/C22H25ClF3N3O3S/c1-32-20-6-4-15(12-19(20)28-9-7-27-8-10-28)33(2,31)29-13-17(21(30)22(24,25)26)16-5-3-14(23)11-18(16)29/h3-6,11-12,17,21,27,30H,2,7-10,13H2,1H3. The van der Waals surface area contributed by atoms with Gasteiger partial charge in [0.2, 0.25) is 0 Å². The number of ether oxygens (including phenoxy) is 1. The molecular formula is C22H25ClF3N3O3S. The van der Waals surface area contributed by atoms with Gasteiger partial charge in [-0.05, 0) is 41.8 Å². The molecule has 11 heteroatoms. The van der Waals surface area contributed by atoms with E-state index >= 15 is 0 Å². The summed E-state index contributed by atoms with van der Waals surface area (Å²) >= 11 is 6.11. The molecule has 0 radical (unpaired) electrons. The average molecular weight is 504 g/mol. The molecule has 0 amide bonds. The van der Waals surface area contributed by atoms with E-state index in [0.29, 0.717) is 10.6 Å². The van der Waals surface area contributed by atoms with Gasteiger partial charge in [0.05, 0.1) is 33.1 Å². The summed E-state index contributed by atoms with van der Waals surface area (Å²) in [4.78, 5) is 2.45. The van der Waals surface area contributed by atoms with Gasteiger partial charge >= 0.3 is 6.18 Å². The number of nitrogens with zero attached hydrogens (tertiary/aromatic N) is 2. The Morgan fingerprint density at radius 2 is 1.91 bits per heavy atom. The van der Waals surface area contributed by atoms with Gasteiger partial charge in [-0.2, -0.15) is 13.2 Å². The van der Waals surface area contributed by atoms with Crippen molar-refractivity contribution in [2.45, 2.75) is 23.1 Å². The monoisotopic (exact) mass is 503 g/mol. The third kappa shape index (κ3) is 4.49. The number of piperazine rings is 1. The number of benzene rings is 2. The normalized spacial score (nSPS) is 21.5. The number of hydrogen-bond acceptors (Lipinski definition) is 5. The lowest BCUT2D eigenvalue weighted by Gasteiger charge is -2.32. The highest BCUT2D eigenvalue weighted by Gasteiger charge is 2.49. The Bertz CT molecular complexity index is 1140. The molecule has 0 saturated carbocycles. The lowest BCUT2D eigenvalue weighted by molar-refractivity contribution is -0.209. The van der Waals surface area contributed by atoms with Crippen molar-refractivity contribution in [3.63, 3.8) is 0 Å². The summed E-state index contributed by atoms with van der Waals surface area (Å²) in [5.41, 5.74) is 1.25. The van der Waals surface area contributed by atoms with Crippen molar-refractivity contribution in [2.24, 2.45) is 0 Å². The first-order chi connectivity index (χ1) is 15.5. The summed E-state index contributed by atoms with van der Waals surface area (Å²) in [7, 11) is -1.72. The second-order valence-corrected chi connectivity index (χ2v) is 10.7. The molecule has 1 fully saturated rings. The summed E-state index contributed by atoms with van der Waals surface area (Å²) < 4.78 is 60.9. The fraction of sp³-hybridized carbons (Fsp3) is 0.409. The lowest BCUT2D eigenvalue weighted by Crippen LogP contribution is -2.43. The van der Waals surface area contributed by atoms with Gasteiger partial charge in [0.25, 0.3) is 0 Å². The van der Waals surface area contributed by atoms with Crippen molar-refractivity contribution < 1.29 is 27.2 Å². The fourth-order valence-corrected chi connectivity index (χ4v) is 6.22. The number of aliphatic hydroxyl groups is 1. The largest absolute Gasteiger partial charge is 0.495 e. The second-order valence-electron chi connectivity index (χ2n) is 8.07. The average Bonchev–Trinajstić information content (AvgIpc) is 3.17. The molecule has 0 spiro atoms. The van der Waals surface area contributed by atoms with Crippen molar-refractivity contribution in [1.82, 2.24) is 5.32 Å². The topological polar surface area (TPSA) is 65.0 Å². The Hall–Kier alpha value is -2.14. The van der Waals surface area contributed by atoms with E-state index in [0.717, 1.165) is 31.9 Å². The van der Waals surface area contributed by atoms with Crippen molar-refractivity contribution in [2.75, 3.05) is 49.0 Å². The lowest BCUT2D eigenvalue weighted by atomic mass is 9.95. The van der Waals surface area contributed by atoms with Crippen LogP contribution < -0.4 is 19.3 Å². The molecule has 4 rings (SSSR count). The summed E-state index contributed by atoms with van der Waals surface area (Å²) in [5, 5.41) is 13.6. The first kappa shape index (κ1) is 24.0. The number of rotatable bonds is 5. The highest BCUT2D eigenvalue weighted by atomic mass is 35.5. The molecule has 1 saturated heterocycles. The molecular weight excluding hydrogens is 479 g/mol. The van der Waals surface area contributed by atoms with Gasteiger partial charge < -0.3 is 20.1 Å². The molecule has 0 aliphatic carbocycles. The Morgan fingerprint density at radius 1 is 1.21 bits per heavy atom. The van der Waals surface area contributed by atoms with E-state index in [2.05, 4.69) is 16.1 Å². The van der Waals surface area contributed by atoms with Crippen molar-refractivity contribution in [3.05, 3.63) is 47.0 Å². The van der Waals surface area contributed by atoms with E-state index in [4.69, 9.17) is 16.3 Å². The van der Waals surface area contributed by atoms with Crippen LogP contribution in [0.25, 0.3) is 0 Å². The van der Waals surface area contributed by atoms with Crippen LogP contribution in [0.2, 0.25) is 5.02 Å². The van der Waals surface area contributed by atoms with Gasteiger partial charge in [0.15, 0.2) is 6.10 Å². The zero-order chi connectivity index (χ0) is 24.0. The van der Waals surface area contributed by atoms with Crippen LogP contribution in [-0.2, 0) is 9.71 Å². The molecule has 0 bridgehead atoms. The molecule has 2 aliphatic heterocycles. The van der Waals surface area contributed by atoms with Crippen molar-refractivity contribution in [3.8, 4) is 5.75 Å². The summed E-state index contributed by atoms with van der Waals surface area (Å²) in [6.07, 6.45) is -7.43. The second kappa shape index (κ2) is 8.90. The molecule has 2 aromatic rings. The van der Waals surface area contributed by atoms with Crippen LogP contribution in [0.4, 0.5) is 24.5 Å². The maximum Gasteiger partial charge on any atom is 0.415 e. The highest BCUT2D eigenvalue weighted by molar-refractivity contribution is 8.01. The van der Waals surface area contributed by atoms with Crippen LogP contribution in [0.5, 0.6) is 5.75 Å². The molecule has 2 aliphatic rings. The predicted octanol–water partition coefficient (Wildman–Crippen LogP) is 3.28. The van der Waals surface area contributed by atoms with Crippen LogP contribution in [0.3, 0.4) is 0 Å². The molecule has 33 heavy (non-hydrogen) atoms. The van der Waals surface area contributed by atoms with Crippen LogP contribution in [0.1, 0.15) is 11.5 Å². The Labute approximate surface area is 196 Å². The SMILES string of the molecule is C=S(=O)(c1ccc(OC)c(N2CCNCC2)c1)N1CC(C(O)C(F)(F)F)c2ccc(Cl)cc21. The van der Waals surface area contributed by atoms with Gasteiger partial charge in [-0.1, -0.05) is 17.7 Å². The molecule has 0 aromatic heterocycles. The Balaban J connectivity index is 1.76. The molecule has 6 nitrogen and oxygen atoms in total. The van der Waals surface area contributed by atoms with Gasteiger partial charge in [0.1, 0.15) is 5.75 Å². The molecule has 3 atom stereocenters. The molecule has 2 heterocycles. The van der Waals surface area contributed by atoms with E-state index in [1.165, 1.54) is 22.5 Å². The fourth-order valence-electron chi connectivity index (χ4n) is 4.35. The summed E-state index contributed by atoms with van der Waals surface area (Å²) in [5.74, 6) is 3.21. The maximum atomic E-state index is 14.1. The Kier molecular flexibility index (Phi) is 6.47. The Morgan fingerprint density at radius 3 is 2.55 bits per heavy atom. The smallest absolute Gasteiger partial charge is 0.415 e. The van der Waals surface area contributed by atoms with Gasteiger partial charge in [0, 0.05) is 43.7 Å². The van der Waals surface area contributed by atoms with Gasteiger partial charge in [-0.25, -0.2) is 4.21 Å². The number of anilines is 2. The van der Waals surface area contributed by atoms with Gasteiger partial charge in [-0.15, -0.1) is 0 Å². The molecule has 2 aromatic carbocycles. The number of alkyl halides is 3. The number of hydrogen-bond donors (Lipinski definition) is 2. The van der Waals surface area contributed by atoms with E-state index in [1.807, 2.05) is 0 Å². The summed E-state index contributed by atoms with van der Waals surface area (Å²) in [6.45, 7) is 2.69. The summed E-state index contributed by atoms with van der Waals surface area (Å²) in [6, 6.07) is 9.38. The minimum Gasteiger partial charge on any atom is -0.495 e. The minimum atomic E-state index is -4.82. The van der Waals surface area contributed by atoms with E-state index in [-0.39, 0.29) is 22.8 Å². The van der Waals surface area contributed by atoms with Crippen molar-refractivity contribution in [1.29, 1.82) is 0 Å². The quantitative estimate of drug-likeness (QED) is 0.613. The number of aliphatic hydroxyl groups excluding tert-OH is 1. The van der Waals surface area contributed by atoms with Crippen LogP contribution in [0, 0.1) is 0 Å². The third-order valence-electron chi connectivity index (χ3n) is 6.07. The number of methoxy groups -OCH3 is 1. The van der Waals surface area contributed by atoms with Gasteiger partial charge in [-0.3, -0.25) is 4.31 Å². The first-order valence-corrected chi connectivity index (χ1v) is 12.4. The molecule has 180 valence electrons.